The highest BCUT2D eigenvalue weighted by Crippen LogP contribution is 2.12. The van der Waals surface area contributed by atoms with Crippen LogP contribution in [0.25, 0.3) is 0 Å². The van der Waals surface area contributed by atoms with Crippen molar-refractivity contribution in [2.24, 2.45) is 0 Å². The second-order valence-corrected chi connectivity index (χ2v) is 3.80. The van der Waals surface area contributed by atoms with Crippen LogP contribution in [0.2, 0.25) is 0 Å². The van der Waals surface area contributed by atoms with E-state index in [2.05, 4.69) is 0 Å². The van der Waals surface area contributed by atoms with E-state index in [0.29, 0.717) is 12.6 Å². The molecule has 0 amide bonds. The molecule has 1 saturated heterocycles. The standard InChI is InChI=1S/C10H19NO3/c1-11(6-9(12)8-13-2)7-10-4-3-5-14-10/h10H,3-8H2,1-2H3. The van der Waals surface area contributed by atoms with E-state index in [9.17, 15) is 4.79 Å². The summed E-state index contributed by atoms with van der Waals surface area (Å²) in [6.07, 6.45) is 2.57. The van der Waals surface area contributed by atoms with Gasteiger partial charge in [0.15, 0.2) is 5.78 Å². The minimum absolute atomic E-state index is 0.119. The predicted molar refractivity (Wildman–Crippen MR) is 53.4 cm³/mol. The summed E-state index contributed by atoms with van der Waals surface area (Å²) in [6, 6.07) is 0. The van der Waals surface area contributed by atoms with Gasteiger partial charge < -0.3 is 9.47 Å². The number of Topliss-reactive ketones (excluding diaryl/α,β-unsaturated/α-hetero) is 1. The van der Waals surface area contributed by atoms with Crippen LogP contribution in [-0.2, 0) is 14.3 Å². The van der Waals surface area contributed by atoms with E-state index in [1.807, 2.05) is 11.9 Å². The zero-order valence-corrected chi connectivity index (χ0v) is 8.99. The zero-order valence-electron chi connectivity index (χ0n) is 8.99. The average Bonchev–Trinajstić information content (AvgIpc) is 2.56. The Bertz CT molecular complexity index is 178. The van der Waals surface area contributed by atoms with Gasteiger partial charge in [0.1, 0.15) is 6.61 Å². The zero-order chi connectivity index (χ0) is 10.4. The van der Waals surface area contributed by atoms with Crippen LogP contribution >= 0.6 is 0 Å². The van der Waals surface area contributed by atoms with E-state index in [0.717, 1.165) is 26.0 Å². The molecule has 0 spiro atoms. The Balaban J connectivity index is 2.14. The summed E-state index contributed by atoms with van der Waals surface area (Å²) in [7, 11) is 3.48. The van der Waals surface area contributed by atoms with Gasteiger partial charge in [-0.2, -0.15) is 0 Å². The minimum atomic E-state index is 0.119. The van der Waals surface area contributed by atoms with Crippen LogP contribution in [0.3, 0.4) is 0 Å². The minimum Gasteiger partial charge on any atom is -0.377 e. The van der Waals surface area contributed by atoms with Crippen molar-refractivity contribution in [2.75, 3.05) is 40.5 Å². The molecule has 0 aromatic rings. The lowest BCUT2D eigenvalue weighted by molar-refractivity contribution is -0.123. The van der Waals surface area contributed by atoms with Crippen molar-refractivity contribution in [1.29, 1.82) is 0 Å². The second kappa shape index (κ2) is 6.11. The number of carbonyl (C=O) groups excluding carboxylic acids is 1. The first-order valence-corrected chi connectivity index (χ1v) is 5.03. The lowest BCUT2D eigenvalue weighted by Gasteiger charge is -2.19. The van der Waals surface area contributed by atoms with Gasteiger partial charge in [0.2, 0.25) is 0 Å². The summed E-state index contributed by atoms with van der Waals surface area (Å²) in [4.78, 5) is 13.2. The van der Waals surface area contributed by atoms with Gasteiger partial charge in [0, 0.05) is 20.3 Å². The molecule has 0 N–H and O–H groups in total. The van der Waals surface area contributed by atoms with Gasteiger partial charge in [-0.25, -0.2) is 0 Å². The number of ether oxygens (including phenoxy) is 2. The molecule has 1 aliphatic rings. The number of methoxy groups -OCH3 is 1. The maximum absolute atomic E-state index is 11.2. The van der Waals surface area contributed by atoms with E-state index in [-0.39, 0.29) is 12.4 Å². The summed E-state index contributed by atoms with van der Waals surface area (Å²) >= 11 is 0. The lowest BCUT2D eigenvalue weighted by atomic mass is 10.2. The van der Waals surface area contributed by atoms with E-state index < -0.39 is 0 Å². The monoisotopic (exact) mass is 201 g/mol. The molecule has 0 saturated carbocycles. The number of hydrogen-bond acceptors (Lipinski definition) is 4. The predicted octanol–water partition coefficient (Wildman–Crippen LogP) is 0.313. The van der Waals surface area contributed by atoms with Crippen LogP contribution in [0.1, 0.15) is 12.8 Å². The molecule has 1 unspecified atom stereocenters. The molecule has 14 heavy (non-hydrogen) atoms. The Morgan fingerprint density at radius 2 is 2.43 bits per heavy atom. The van der Waals surface area contributed by atoms with E-state index in [1.54, 1.807) is 0 Å². The fourth-order valence-electron chi connectivity index (χ4n) is 1.71. The molecule has 0 aliphatic carbocycles. The van der Waals surface area contributed by atoms with Crippen LogP contribution in [0.4, 0.5) is 0 Å². The molecule has 0 bridgehead atoms. The summed E-state index contributed by atoms with van der Waals surface area (Å²) in [5.74, 6) is 0.119. The highest BCUT2D eigenvalue weighted by molar-refractivity contribution is 5.81. The van der Waals surface area contributed by atoms with Gasteiger partial charge in [-0.3, -0.25) is 9.69 Å². The summed E-state index contributed by atoms with van der Waals surface area (Å²) in [5, 5.41) is 0. The average molecular weight is 201 g/mol. The quantitative estimate of drug-likeness (QED) is 0.620. The summed E-state index contributed by atoms with van der Waals surface area (Å²) in [5.41, 5.74) is 0. The molecule has 0 aromatic carbocycles. The molecule has 0 radical (unpaired) electrons. The molecular formula is C10H19NO3. The van der Waals surface area contributed by atoms with Gasteiger partial charge in [-0.1, -0.05) is 0 Å². The molecule has 1 fully saturated rings. The molecule has 1 aliphatic heterocycles. The van der Waals surface area contributed by atoms with Crippen molar-refractivity contribution in [3.05, 3.63) is 0 Å². The molecular weight excluding hydrogens is 182 g/mol. The van der Waals surface area contributed by atoms with Crippen LogP contribution in [0, 0.1) is 0 Å². The number of likely N-dealkylation sites (N-methyl/N-ethyl adjacent to an activating group) is 1. The van der Waals surface area contributed by atoms with Crippen molar-refractivity contribution in [3.63, 3.8) is 0 Å². The molecule has 1 atom stereocenters. The molecule has 4 heteroatoms. The van der Waals surface area contributed by atoms with E-state index in [1.165, 1.54) is 7.11 Å². The molecule has 82 valence electrons. The topological polar surface area (TPSA) is 38.8 Å². The Morgan fingerprint density at radius 3 is 3.00 bits per heavy atom. The third-order valence-corrected chi connectivity index (χ3v) is 2.29. The van der Waals surface area contributed by atoms with Crippen molar-refractivity contribution in [1.82, 2.24) is 4.90 Å². The smallest absolute Gasteiger partial charge is 0.172 e. The Kier molecular flexibility index (Phi) is 5.07. The molecule has 0 aromatic heterocycles. The SMILES string of the molecule is COCC(=O)CN(C)CC1CCCO1. The van der Waals surface area contributed by atoms with Gasteiger partial charge >= 0.3 is 0 Å². The molecule has 4 nitrogen and oxygen atoms in total. The first-order chi connectivity index (χ1) is 6.72. The van der Waals surface area contributed by atoms with Gasteiger partial charge in [-0.15, -0.1) is 0 Å². The number of nitrogens with zero attached hydrogens (tertiary/aromatic N) is 1. The highest BCUT2D eigenvalue weighted by atomic mass is 16.5. The first-order valence-electron chi connectivity index (χ1n) is 5.03. The van der Waals surface area contributed by atoms with Gasteiger partial charge in [-0.05, 0) is 19.9 Å². The summed E-state index contributed by atoms with van der Waals surface area (Å²) in [6.45, 7) is 2.36. The van der Waals surface area contributed by atoms with Gasteiger partial charge in [0.25, 0.3) is 0 Å². The number of carbonyl (C=O) groups is 1. The fraction of sp³-hybridized carbons (Fsp3) is 0.900. The third-order valence-electron chi connectivity index (χ3n) is 2.29. The number of hydrogen-bond donors (Lipinski definition) is 0. The van der Waals surface area contributed by atoms with Crippen molar-refractivity contribution in [2.45, 2.75) is 18.9 Å². The Hall–Kier alpha value is -0.450. The first kappa shape index (κ1) is 11.6. The van der Waals surface area contributed by atoms with Crippen LogP contribution in [-0.4, -0.2) is 57.2 Å². The Morgan fingerprint density at radius 1 is 1.64 bits per heavy atom. The second-order valence-electron chi connectivity index (χ2n) is 3.80. The third kappa shape index (κ3) is 4.17. The van der Waals surface area contributed by atoms with Crippen LogP contribution < -0.4 is 0 Å². The highest BCUT2D eigenvalue weighted by Gasteiger charge is 2.18. The van der Waals surface area contributed by atoms with Crippen molar-refractivity contribution < 1.29 is 14.3 Å². The van der Waals surface area contributed by atoms with Crippen molar-refractivity contribution >= 4 is 5.78 Å². The van der Waals surface area contributed by atoms with Crippen LogP contribution in [0.5, 0.6) is 0 Å². The normalized spacial score (nSPS) is 21.8. The number of ketones is 1. The molecule has 1 rings (SSSR count). The Labute approximate surface area is 85.2 Å². The van der Waals surface area contributed by atoms with Crippen LogP contribution in [0.15, 0.2) is 0 Å². The lowest BCUT2D eigenvalue weighted by Crippen LogP contribution is -2.34. The maximum atomic E-state index is 11.2. The van der Waals surface area contributed by atoms with Crippen molar-refractivity contribution in [3.8, 4) is 0 Å². The van der Waals surface area contributed by atoms with Gasteiger partial charge in [0.05, 0.1) is 12.6 Å². The number of rotatable bonds is 6. The van der Waals surface area contributed by atoms with E-state index in [4.69, 9.17) is 9.47 Å². The maximum Gasteiger partial charge on any atom is 0.172 e. The molecule has 1 heterocycles. The largest absolute Gasteiger partial charge is 0.377 e. The summed E-state index contributed by atoms with van der Waals surface area (Å²) < 4.78 is 10.2. The fourth-order valence-corrected chi connectivity index (χ4v) is 1.71. The van der Waals surface area contributed by atoms with E-state index >= 15 is 0 Å².